The van der Waals surface area contributed by atoms with Crippen LogP contribution in [0.5, 0.6) is 0 Å². The minimum absolute atomic E-state index is 0.0744. The number of hydrogen-bond acceptors (Lipinski definition) is 5. The van der Waals surface area contributed by atoms with E-state index in [1.165, 1.54) is 7.11 Å². The first-order valence-corrected chi connectivity index (χ1v) is 10.3. The van der Waals surface area contributed by atoms with Gasteiger partial charge >= 0.3 is 5.97 Å². The van der Waals surface area contributed by atoms with Crippen molar-refractivity contribution in [3.05, 3.63) is 69.5 Å². The predicted octanol–water partition coefficient (Wildman–Crippen LogP) is 3.90. The van der Waals surface area contributed by atoms with Crippen LogP contribution in [0.2, 0.25) is 0 Å². The lowest BCUT2D eigenvalue weighted by molar-refractivity contribution is -0.141. The zero-order valence-corrected chi connectivity index (χ0v) is 17.6. The van der Waals surface area contributed by atoms with Gasteiger partial charge in [-0.25, -0.2) is 4.79 Å². The number of esters is 1. The molecule has 0 bridgehead atoms. The van der Waals surface area contributed by atoms with Gasteiger partial charge in [0.1, 0.15) is 6.04 Å². The first-order valence-electron chi connectivity index (χ1n) is 10.3. The van der Waals surface area contributed by atoms with Gasteiger partial charge in [0.25, 0.3) is 5.56 Å². The number of fused-ring (bicyclic) bond motifs is 1. The molecule has 3 aromatic rings. The summed E-state index contributed by atoms with van der Waals surface area (Å²) in [5.74, 6) is -0.185. The Balaban J connectivity index is 1.49. The second-order valence-corrected chi connectivity index (χ2v) is 7.94. The summed E-state index contributed by atoms with van der Waals surface area (Å²) in [5, 5.41) is 4.40. The van der Waals surface area contributed by atoms with Crippen molar-refractivity contribution in [1.82, 2.24) is 4.98 Å². The number of ether oxygens (including phenoxy) is 1. The van der Waals surface area contributed by atoms with Crippen molar-refractivity contribution in [2.24, 2.45) is 0 Å². The van der Waals surface area contributed by atoms with E-state index >= 15 is 0 Å². The zero-order valence-electron chi connectivity index (χ0n) is 17.6. The number of benzene rings is 2. The van der Waals surface area contributed by atoms with Crippen molar-refractivity contribution in [3.63, 3.8) is 0 Å². The number of hydrogen-bond donors (Lipinski definition) is 2. The third kappa shape index (κ3) is 3.90. The molecular formula is C24H27N3O3. The summed E-state index contributed by atoms with van der Waals surface area (Å²) >= 11 is 0. The molecule has 30 heavy (non-hydrogen) atoms. The van der Waals surface area contributed by atoms with E-state index in [2.05, 4.69) is 28.2 Å². The number of nitrogens with one attached hydrogen (secondary N) is 2. The van der Waals surface area contributed by atoms with Crippen LogP contribution in [-0.2, 0) is 16.1 Å². The van der Waals surface area contributed by atoms with Crippen LogP contribution in [0.4, 0.5) is 11.4 Å². The molecule has 0 unspecified atom stereocenters. The van der Waals surface area contributed by atoms with Gasteiger partial charge in [-0.3, -0.25) is 4.79 Å². The molecule has 6 heteroatoms. The quantitative estimate of drug-likeness (QED) is 0.630. The van der Waals surface area contributed by atoms with Crippen molar-refractivity contribution < 1.29 is 9.53 Å². The Morgan fingerprint density at radius 3 is 2.70 bits per heavy atom. The number of pyridine rings is 1. The molecule has 1 saturated heterocycles. The molecular weight excluding hydrogens is 378 g/mol. The second kappa shape index (κ2) is 8.22. The molecule has 0 aliphatic carbocycles. The third-order valence-electron chi connectivity index (χ3n) is 5.80. The average Bonchev–Trinajstić information content (AvgIpc) is 3.22. The van der Waals surface area contributed by atoms with Crippen LogP contribution in [0.15, 0.2) is 47.3 Å². The van der Waals surface area contributed by atoms with E-state index in [0.717, 1.165) is 52.8 Å². The first kappa shape index (κ1) is 20.0. The number of anilines is 2. The van der Waals surface area contributed by atoms with Crippen LogP contribution in [0.25, 0.3) is 10.9 Å². The monoisotopic (exact) mass is 405 g/mol. The molecule has 156 valence electrons. The number of methoxy groups -OCH3 is 1. The average molecular weight is 405 g/mol. The molecule has 2 heterocycles. The molecule has 2 N–H and O–H groups in total. The minimum atomic E-state index is -0.211. The SMILES string of the molecule is COC(=O)[C@@H]1CCCN1c1ccc(NCc2cc3c(C)cc(C)cc3[nH]c2=O)cc1. The van der Waals surface area contributed by atoms with Crippen LogP contribution in [0.1, 0.15) is 29.5 Å². The van der Waals surface area contributed by atoms with E-state index in [1.807, 2.05) is 43.3 Å². The van der Waals surface area contributed by atoms with Gasteiger partial charge in [0, 0.05) is 40.9 Å². The van der Waals surface area contributed by atoms with Crippen LogP contribution >= 0.6 is 0 Å². The molecule has 2 aromatic carbocycles. The summed E-state index contributed by atoms with van der Waals surface area (Å²) in [6, 6.07) is 13.8. The van der Waals surface area contributed by atoms with Crippen LogP contribution < -0.4 is 15.8 Å². The van der Waals surface area contributed by atoms with Crippen molar-refractivity contribution in [3.8, 4) is 0 Å². The summed E-state index contributed by atoms with van der Waals surface area (Å²) in [5.41, 5.74) is 5.71. The van der Waals surface area contributed by atoms with Gasteiger partial charge in [0.2, 0.25) is 0 Å². The summed E-state index contributed by atoms with van der Waals surface area (Å²) in [6.45, 7) is 5.37. The number of carbonyl (C=O) groups excluding carboxylic acids is 1. The molecule has 0 spiro atoms. The molecule has 1 aliphatic rings. The fraction of sp³-hybridized carbons (Fsp3) is 0.333. The zero-order chi connectivity index (χ0) is 21.3. The number of aryl methyl sites for hydroxylation is 2. The normalized spacial score (nSPS) is 16.1. The van der Waals surface area contributed by atoms with Crippen molar-refractivity contribution in [1.29, 1.82) is 0 Å². The second-order valence-electron chi connectivity index (χ2n) is 7.94. The van der Waals surface area contributed by atoms with Crippen molar-refractivity contribution in [2.75, 3.05) is 23.9 Å². The van der Waals surface area contributed by atoms with E-state index in [-0.39, 0.29) is 17.6 Å². The third-order valence-corrected chi connectivity index (χ3v) is 5.80. The molecule has 0 amide bonds. The van der Waals surface area contributed by atoms with E-state index in [1.54, 1.807) is 0 Å². The topological polar surface area (TPSA) is 74.4 Å². The number of H-pyrrole nitrogens is 1. The number of nitrogens with zero attached hydrogens (tertiary/aromatic N) is 1. The molecule has 0 saturated carbocycles. The van der Waals surface area contributed by atoms with Crippen LogP contribution in [0, 0.1) is 13.8 Å². The number of aromatic nitrogens is 1. The Bertz CT molecular complexity index is 1130. The minimum Gasteiger partial charge on any atom is -0.467 e. The van der Waals surface area contributed by atoms with Gasteiger partial charge in [0.05, 0.1) is 7.11 Å². The molecule has 1 atom stereocenters. The lowest BCUT2D eigenvalue weighted by atomic mass is 10.0. The predicted molar refractivity (Wildman–Crippen MR) is 120 cm³/mol. The molecule has 1 aromatic heterocycles. The van der Waals surface area contributed by atoms with E-state index in [0.29, 0.717) is 12.1 Å². The van der Waals surface area contributed by atoms with E-state index < -0.39 is 0 Å². The maximum absolute atomic E-state index is 12.5. The Kier molecular flexibility index (Phi) is 5.48. The van der Waals surface area contributed by atoms with Crippen molar-refractivity contribution in [2.45, 2.75) is 39.3 Å². The highest BCUT2D eigenvalue weighted by molar-refractivity contribution is 5.83. The van der Waals surface area contributed by atoms with Crippen LogP contribution in [0.3, 0.4) is 0 Å². The summed E-state index contributed by atoms with van der Waals surface area (Å²) in [7, 11) is 1.43. The molecule has 4 rings (SSSR count). The molecule has 0 radical (unpaired) electrons. The Hall–Kier alpha value is -3.28. The maximum atomic E-state index is 12.5. The summed E-state index contributed by atoms with van der Waals surface area (Å²) < 4.78 is 4.93. The highest BCUT2D eigenvalue weighted by Gasteiger charge is 2.31. The smallest absolute Gasteiger partial charge is 0.328 e. The van der Waals surface area contributed by atoms with Gasteiger partial charge in [-0.05, 0) is 74.2 Å². The largest absolute Gasteiger partial charge is 0.467 e. The Labute approximate surface area is 175 Å². The molecule has 1 aliphatic heterocycles. The van der Waals surface area contributed by atoms with Crippen molar-refractivity contribution >= 4 is 28.2 Å². The highest BCUT2D eigenvalue weighted by atomic mass is 16.5. The molecule has 6 nitrogen and oxygen atoms in total. The number of carbonyl (C=O) groups is 1. The first-order chi connectivity index (χ1) is 14.5. The van der Waals surface area contributed by atoms with E-state index in [4.69, 9.17) is 4.74 Å². The lowest BCUT2D eigenvalue weighted by Gasteiger charge is -2.25. The fourth-order valence-corrected chi connectivity index (χ4v) is 4.27. The van der Waals surface area contributed by atoms with Gasteiger partial charge < -0.3 is 19.9 Å². The lowest BCUT2D eigenvalue weighted by Crippen LogP contribution is -2.36. The van der Waals surface area contributed by atoms with Gasteiger partial charge in [-0.2, -0.15) is 0 Å². The van der Waals surface area contributed by atoms with Gasteiger partial charge in [-0.15, -0.1) is 0 Å². The Morgan fingerprint density at radius 1 is 1.20 bits per heavy atom. The van der Waals surface area contributed by atoms with Gasteiger partial charge in [-0.1, -0.05) is 6.07 Å². The fourth-order valence-electron chi connectivity index (χ4n) is 4.27. The van der Waals surface area contributed by atoms with Crippen LogP contribution in [-0.4, -0.2) is 30.6 Å². The maximum Gasteiger partial charge on any atom is 0.328 e. The summed E-state index contributed by atoms with van der Waals surface area (Å²) in [6.07, 6.45) is 1.79. The number of aromatic amines is 1. The Morgan fingerprint density at radius 2 is 1.97 bits per heavy atom. The summed E-state index contributed by atoms with van der Waals surface area (Å²) in [4.78, 5) is 29.6. The standard InChI is InChI=1S/C24H27N3O3/c1-15-11-16(2)20-13-17(23(28)26-21(20)12-15)14-25-18-6-8-19(9-7-18)27-10-4-5-22(27)24(29)30-3/h6-9,11-13,22,25H,4-5,10,14H2,1-3H3,(H,26,28)/t22-/m0/s1. The number of rotatable bonds is 5. The van der Waals surface area contributed by atoms with Gasteiger partial charge in [0.15, 0.2) is 0 Å². The van der Waals surface area contributed by atoms with E-state index in [9.17, 15) is 9.59 Å². The molecule has 1 fully saturated rings. The highest BCUT2D eigenvalue weighted by Crippen LogP contribution is 2.27.